The van der Waals surface area contributed by atoms with E-state index < -0.39 is 5.97 Å². The minimum absolute atomic E-state index is 0.278. The maximum atomic E-state index is 10.5. The minimum Gasteiger partial charge on any atom is -0.490 e. The van der Waals surface area contributed by atoms with Crippen LogP contribution in [0.1, 0.15) is 38.7 Å². The molecule has 0 aliphatic heterocycles. The lowest BCUT2D eigenvalue weighted by molar-refractivity contribution is -0.131. The summed E-state index contributed by atoms with van der Waals surface area (Å²) in [7, 11) is 0. The van der Waals surface area contributed by atoms with Crippen molar-refractivity contribution in [1.82, 2.24) is 0 Å². The third-order valence-corrected chi connectivity index (χ3v) is 4.13. The molecule has 0 radical (unpaired) electrons. The highest BCUT2D eigenvalue weighted by Crippen LogP contribution is 2.32. The molecule has 20 heavy (non-hydrogen) atoms. The van der Waals surface area contributed by atoms with Gasteiger partial charge in [0.1, 0.15) is 5.75 Å². The highest BCUT2D eigenvalue weighted by Gasteiger charge is 2.25. The third kappa shape index (κ3) is 4.12. The molecule has 3 heteroatoms. The van der Waals surface area contributed by atoms with E-state index in [0.29, 0.717) is 5.92 Å². The lowest BCUT2D eigenvalue weighted by atomic mass is 9.80. The summed E-state index contributed by atoms with van der Waals surface area (Å²) in [6.45, 7) is 4.59. The number of ether oxygens (including phenoxy) is 1. The van der Waals surface area contributed by atoms with Crippen LogP contribution in [-0.4, -0.2) is 17.2 Å². The minimum atomic E-state index is -0.939. The zero-order valence-electron chi connectivity index (χ0n) is 12.1. The number of rotatable bonds is 4. The van der Waals surface area contributed by atoms with Gasteiger partial charge in [0.25, 0.3) is 0 Å². The van der Waals surface area contributed by atoms with Crippen LogP contribution in [0, 0.1) is 11.8 Å². The second kappa shape index (κ2) is 6.60. The van der Waals surface area contributed by atoms with Crippen LogP contribution in [0.25, 0.3) is 6.08 Å². The number of benzene rings is 1. The normalized spacial score (nSPS) is 26.6. The van der Waals surface area contributed by atoms with Gasteiger partial charge in [-0.2, -0.15) is 0 Å². The number of carboxylic acid groups (broad SMARTS) is 1. The van der Waals surface area contributed by atoms with Crippen LogP contribution in [0.3, 0.4) is 0 Å². The zero-order valence-corrected chi connectivity index (χ0v) is 12.1. The van der Waals surface area contributed by atoms with E-state index in [2.05, 4.69) is 13.8 Å². The Balaban J connectivity index is 1.99. The summed E-state index contributed by atoms with van der Waals surface area (Å²) >= 11 is 0. The van der Waals surface area contributed by atoms with E-state index in [-0.39, 0.29) is 6.10 Å². The maximum absolute atomic E-state index is 10.5. The molecule has 2 rings (SSSR count). The Morgan fingerprint density at radius 1 is 1.30 bits per heavy atom. The molecule has 1 aromatic rings. The summed E-state index contributed by atoms with van der Waals surface area (Å²) in [6, 6.07) is 7.59. The van der Waals surface area contributed by atoms with Crippen LogP contribution in [0.4, 0.5) is 0 Å². The van der Waals surface area contributed by atoms with E-state index in [1.165, 1.54) is 6.42 Å². The maximum Gasteiger partial charge on any atom is 0.328 e. The molecule has 1 aliphatic carbocycles. The summed E-state index contributed by atoms with van der Waals surface area (Å²) in [6.07, 6.45) is 6.41. The van der Waals surface area contributed by atoms with Gasteiger partial charge in [-0.05, 0) is 54.9 Å². The van der Waals surface area contributed by atoms with E-state index in [0.717, 1.165) is 36.1 Å². The summed E-state index contributed by atoms with van der Waals surface area (Å²) in [4.78, 5) is 10.5. The van der Waals surface area contributed by atoms with E-state index >= 15 is 0 Å². The zero-order chi connectivity index (χ0) is 14.5. The van der Waals surface area contributed by atoms with Gasteiger partial charge >= 0.3 is 5.97 Å². The SMILES string of the molecule is CC1CCC(Oc2cccc(C=CC(=O)O)c2)CC1C. The van der Waals surface area contributed by atoms with E-state index in [4.69, 9.17) is 9.84 Å². The molecule has 3 atom stereocenters. The second-order valence-corrected chi connectivity index (χ2v) is 5.75. The monoisotopic (exact) mass is 274 g/mol. The fourth-order valence-corrected chi connectivity index (χ4v) is 2.66. The van der Waals surface area contributed by atoms with Crippen LogP contribution >= 0.6 is 0 Å². The van der Waals surface area contributed by atoms with Crippen molar-refractivity contribution in [2.24, 2.45) is 11.8 Å². The molecule has 3 nitrogen and oxygen atoms in total. The average Bonchev–Trinajstić information content (AvgIpc) is 2.41. The average molecular weight is 274 g/mol. The Hall–Kier alpha value is -1.77. The van der Waals surface area contributed by atoms with Gasteiger partial charge in [-0.15, -0.1) is 0 Å². The Morgan fingerprint density at radius 3 is 2.80 bits per heavy atom. The molecule has 1 fully saturated rings. The van der Waals surface area contributed by atoms with Gasteiger partial charge in [0, 0.05) is 6.08 Å². The summed E-state index contributed by atoms with van der Waals surface area (Å²) in [5.41, 5.74) is 0.849. The molecule has 1 saturated carbocycles. The molecule has 0 heterocycles. The Kier molecular flexibility index (Phi) is 4.83. The molecule has 1 N–H and O–H groups in total. The van der Waals surface area contributed by atoms with Crippen molar-refractivity contribution in [3.05, 3.63) is 35.9 Å². The van der Waals surface area contributed by atoms with Crippen molar-refractivity contribution < 1.29 is 14.6 Å². The van der Waals surface area contributed by atoms with E-state index in [1.54, 1.807) is 6.08 Å². The van der Waals surface area contributed by atoms with Gasteiger partial charge in [-0.3, -0.25) is 0 Å². The second-order valence-electron chi connectivity index (χ2n) is 5.75. The van der Waals surface area contributed by atoms with Crippen molar-refractivity contribution in [3.63, 3.8) is 0 Å². The van der Waals surface area contributed by atoms with Crippen LogP contribution in [-0.2, 0) is 4.79 Å². The number of hydrogen-bond acceptors (Lipinski definition) is 2. The Labute approximate surface area is 120 Å². The summed E-state index contributed by atoms with van der Waals surface area (Å²) < 4.78 is 6.04. The first-order chi connectivity index (χ1) is 9.54. The summed E-state index contributed by atoms with van der Waals surface area (Å²) in [5.74, 6) is 1.36. The molecule has 1 aliphatic rings. The largest absolute Gasteiger partial charge is 0.490 e. The van der Waals surface area contributed by atoms with Crippen LogP contribution in [0.5, 0.6) is 5.75 Å². The Bertz CT molecular complexity index is 493. The molecular weight excluding hydrogens is 252 g/mol. The van der Waals surface area contributed by atoms with Crippen LogP contribution in [0.2, 0.25) is 0 Å². The first-order valence-electron chi connectivity index (χ1n) is 7.22. The van der Waals surface area contributed by atoms with Gasteiger partial charge in [-0.25, -0.2) is 4.79 Å². The van der Waals surface area contributed by atoms with E-state index in [1.807, 2.05) is 24.3 Å². The first-order valence-corrected chi connectivity index (χ1v) is 7.22. The van der Waals surface area contributed by atoms with Crippen LogP contribution < -0.4 is 4.74 Å². The highest BCUT2D eigenvalue weighted by molar-refractivity contribution is 5.85. The molecule has 0 aromatic heterocycles. The molecular formula is C17H22O3. The fraction of sp³-hybridized carbons (Fsp3) is 0.471. The molecule has 0 bridgehead atoms. The summed E-state index contributed by atoms with van der Waals surface area (Å²) in [5, 5.41) is 8.64. The Morgan fingerprint density at radius 2 is 2.10 bits per heavy atom. The fourth-order valence-electron chi connectivity index (χ4n) is 2.66. The molecule has 0 spiro atoms. The smallest absolute Gasteiger partial charge is 0.328 e. The van der Waals surface area contributed by atoms with E-state index in [9.17, 15) is 4.79 Å². The number of aliphatic carboxylic acids is 1. The standard InChI is InChI=1S/C17H22O3/c1-12-6-8-16(10-13(12)2)20-15-5-3-4-14(11-15)7-9-17(18)19/h3-5,7,9,11-13,16H,6,8,10H2,1-2H3,(H,18,19). The van der Waals surface area contributed by atoms with Gasteiger partial charge in [-0.1, -0.05) is 26.0 Å². The highest BCUT2D eigenvalue weighted by atomic mass is 16.5. The van der Waals surface area contributed by atoms with Crippen molar-refractivity contribution in [2.75, 3.05) is 0 Å². The van der Waals surface area contributed by atoms with Crippen molar-refractivity contribution in [1.29, 1.82) is 0 Å². The lowest BCUT2D eigenvalue weighted by Gasteiger charge is -2.32. The van der Waals surface area contributed by atoms with Crippen molar-refractivity contribution in [2.45, 2.75) is 39.2 Å². The first kappa shape index (κ1) is 14.6. The topological polar surface area (TPSA) is 46.5 Å². The van der Waals surface area contributed by atoms with Crippen molar-refractivity contribution in [3.8, 4) is 5.75 Å². The van der Waals surface area contributed by atoms with Gasteiger partial charge in [0.05, 0.1) is 6.10 Å². The van der Waals surface area contributed by atoms with Crippen LogP contribution in [0.15, 0.2) is 30.3 Å². The molecule has 0 amide bonds. The molecule has 108 valence electrons. The van der Waals surface area contributed by atoms with Gasteiger partial charge < -0.3 is 9.84 Å². The predicted octanol–water partition coefficient (Wildman–Crippen LogP) is 3.99. The number of carboxylic acids is 1. The van der Waals surface area contributed by atoms with Gasteiger partial charge in [0.2, 0.25) is 0 Å². The number of hydrogen-bond donors (Lipinski definition) is 1. The molecule has 1 aromatic carbocycles. The quantitative estimate of drug-likeness (QED) is 0.844. The molecule has 0 saturated heterocycles. The molecule has 3 unspecified atom stereocenters. The van der Waals surface area contributed by atoms with Gasteiger partial charge in [0.15, 0.2) is 0 Å². The third-order valence-electron chi connectivity index (χ3n) is 4.13. The van der Waals surface area contributed by atoms with Crippen molar-refractivity contribution >= 4 is 12.0 Å². The predicted molar refractivity (Wildman–Crippen MR) is 79.7 cm³/mol. The number of carbonyl (C=O) groups is 1. The lowest BCUT2D eigenvalue weighted by Crippen LogP contribution is -2.28.